The Kier molecular flexibility index (Phi) is 4.41. The quantitative estimate of drug-likeness (QED) is 0.740. The number of nitrogens with zero attached hydrogens (tertiary/aromatic N) is 5. The lowest BCUT2D eigenvalue weighted by atomic mass is 10.4. The fourth-order valence-electron chi connectivity index (χ4n) is 2.88. The van der Waals surface area contributed by atoms with Gasteiger partial charge in [0, 0.05) is 38.6 Å². The van der Waals surface area contributed by atoms with Gasteiger partial charge in [-0.1, -0.05) is 0 Å². The number of rotatable bonds is 5. The van der Waals surface area contributed by atoms with E-state index in [4.69, 9.17) is 17.3 Å². The monoisotopic (exact) mass is 345 g/mol. The SMILES string of the molecule is CCn1c(C2CC2)nn(CN2CCN(S(C)(=O)=O)CC2)c1=S. The van der Waals surface area contributed by atoms with E-state index in [2.05, 4.69) is 16.4 Å². The van der Waals surface area contributed by atoms with Crippen molar-refractivity contribution in [2.45, 2.75) is 38.9 Å². The van der Waals surface area contributed by atoms with Crippen molar-refractivity contribution in [3.8, 4) is 0 Å². The minimum atomic E-state index is -3.08. The molecule has 7 nitrogen and oxygen atoms in total. The van der Waals surface area contributed by atoms with E-state index in [-0.39, 0.29) is 0 Å². The van der Waals surface area contributed by atoms with Gasteiger partial charge < -0.3 is 4.57 Å². The topological polar surface area (TPSA) is 63.4 Å². The first kappa shape index (κ1) is 16.1. The Hall–Kier alpha value is -0.770. The molecule has 2 fully saturated rings. The number of hydrogen-bond acceptors (Lipinski definition) is 5. The molecule has 1 saturated carbocycles. The van der Waals surface area contributed by atoms with Gasteiger partial charge in [-0.3, -0.25) is 4.90 Å². The van der Waals surface area contributed by atoms with E-state index in [1.807, 2.05) is 4.68 Å². The molecular weight excluding hydrogens is 322 g/mol. The third kappa shape index (κ3) is 3.27. The van der Waals surface area contributed by atoms with Crippen LogP contribution in [0.1, 0.15) is 31.5 Å². The van der Waals surface area contributed by atoms with Gasteiger partial charge in [-0.25, -0.2) is 13.1 Å². The minimum Gasteiger partial charge on any atom is -0.304 e. The van der Waals surface area contributed by atoms with Crippen molar-refractivity contribution in [2.75, 3.05) is 32.4 Å². The smallest absolute Gasteiger partial charge is 0.211 e. The molecule has 1 aromatic rings. The largest absolute Gasteiger partial charge is 0.304 e. The first-order chi connectivity index (χ1) is 10.4. The van der Waals surface area contributed by atoms with E-state index in [0.29, 0.717) is 38.8 Å². The van der Waals surface area contributed by atoms with Crippen LogP contribution in [0.15, 0.2) is 0 Å². The van der Waals surface area contributed by atoms with Gasteiger partial charge in [0.05, 0.1) is 12.9 Å². The van der Waals surface area contributed by atoms with Crippen LogP contribution in [0, 0.1) is 4.77 Å². The van der Waals surface area contributed by atoms with Crippen molar-refractivity contribution in [3.63, 3.8) is 0 Å². The van der Waals surface area contributed by atoms with Gasteiger partial charge in [-0.15, -0.1) is 0 Å². The highest BCUT2D eigenvalue weighted by Gasteiger charge is 2.30. The van der Waals surface area contributed by atoms with Gasteiger partial charge in [0.25, 0.3) is 0 Å². The molecule has 22 heavy (non-hydrogen) atoms. The molecular formula is C13H23N5O2S2. The Morgan fingerprint density at radius 2 is 1.86 bits per heavy atom. The molecule has 2 aliphatic rings. The summed E-state index contributed by atoms with van der Waals surface area (Å²) in [4.78, 5) is 2.21. The Morgan fingerprint density at radius 1 is 1.23 bits per heavy atom. The second-order valence-corrected chi connectivity index (χ2v) is 8.43. The predicted molar refractivity (Wildman–Crippen MR) is 86.7 cm³/mol. The first-order valence-corrected chi connectivity index (χ1v) is 10.0. The molecule has 0 amide bonds. The van der Waals surface area contributed by atoms with Crippen molar-refractivity contribution in [3.05, 3.63) is 10.6 Å². The van der Waals surface area contributed by atoms with Gasteiger partial charge in [0.2, 0.25) is 10.0 Å². The molecule has 1 saturated heterocycles. The summed E-state index contributed by atoms with van der Waals surface area (Å²) in [5, 5.41) is 4.71. The zero-order chi connectivity index (χ0) is 15.9. The Balaban J connectivity index is 1.69. The van der Waals surface area contributed by atoms with Crippen LogP contribution in [0.3, 0.4) is 0 Å². The van der Waals surface area contributed by atoms with E-state index >= 15 is 0 Å². The van der Waals surface area contributed by atoms with Crippen molar-refractivity contribution in [1.29, 1.82) is 0 Å². The van der Waals surface area contributed by atoms with E-state index in [1.165, 1.54) is 23.4 Å². The van der Waals surface area contributed by atoms with Crippen LogP contribution in [-0.4, -0.2) is 64.4 Å². The van der Waals surface area contributed by atoms with Crippen molar-refractivity contribution < 1.29 is 8.42 Å². The highest BCUT2D eigenvalue weighted by molar-refractivity contribution is 7.88. The van der Waals surface area contributed by atoms with Crippen LogP contribution >= 0.6 is 12.2 Å². The fourth-order valence-corrected chi connectivity index (χ4v) is 4.03. The summed E-state index contributed by atoms with van der Waals surface area (Å²) in [6.45, 7) is 6.10. The van der Waals surface area contributed by atoms with Gasteiger partial charge >= 0.3 is 0 Å². The summed E-state index contributed by atoms with van der Waals surface area (Å²) in [6, 6.07) is 0. The molecule has 1 aromatic heterocycles. The van der Waals surface area contributed by atoms with E-state index in [9.17, 15) is 8.42 Å². The van der Waals surface area contributed by atoms with E-state index in [1.54, 1.807) is 0 Å². The summed E-state index contributed by atoms with van der Waals surface area (Å²) >= 11 is 5.54. The maximum atomic E-state index is 11.5. The molecule has 2 heterocycles. The average Bonchev–Trinajstić information content (AvgIpc) is 3.25. The summed E-state index contributed by atoms with van der Waals surface area (Å²) in [5.41, 5.74) is 0. The molecule has 1 aliphatic carbocycles. The maximum absolute atomic E-state index is 11.5. The van der Waals surface area contributed by atoms with Crippen molar-refractivity contribution in [2.24, 2.45) is 0 Å². The van der Waals surface area contributed by atoms with E-state index in [0.717, 1.165) is 17.1 Å². The second kappa shape index (κ2) is 6.03. The Morgan fingerprint density at radius 3 is 2.36 bits per heavy atom. The zero-order valence-electron chi connectivity index (χ0n) is 13.1. The predicted octanol–water partition coefficient (Wildman–Crippen LogP) is 0.846. The fraction of sp³-hybridized carbons (Fsp3) is 0.846. The van der Waals surface area contributed by atoms with Crippen LogP contribution in [0.5, 0.6) is 0 Å². The molecule has 0 radical (unpaired) electrons. The molecule has 0 spiro atoms. The molecule has 0 bridgehead atoms. The minimum absolute atomic E-state index is 0.538. The first-order valence-electron chi connectivity index (χ1n) is 7.75. The van der Waals surface area contributed by atoms with Crippen molar-refractivity contribution >= 4 is 22.2 Å². The normalized spacial score (nSPS) is 21.4. The number of sulfonamides is 1. The number of aromatic nitrogens is 3. The molecule has 0 unspecified atom stereocenters. The molecule has 1 aliphatic heterocycles. The molecule has 0 atom stereocenters. The average molecular weight is 345 g/mol. The molecule has 0 N–H and O–H groups in total. The second-order valence-electron chi connectivity index (χ2n) is 6.08. The zero-order valence-corrected chi connectivity index (χ0v) is 14.7. The van der Waals surface area contributed by atoms with Crippen LogP contribution in [-0.2, 0) is 23.2 Å². The lowest BCUT2D eigenvalue weighted by molar-refractivity contribution is 0.145. The standard InChI is InChI=1S/C13H23N5O2S2/c1-3-17-12(11-4-5-11)14-18(13(17)21)10-15-6-8-16(9-7-15)22(2,19)20/h11H,3-10H2,1-2H3. The van der Waals surface area contributed by atoms with Gasteiger partial charge in [0.1, 0.15) is 5.82 Å². The molecule has 9 heteroatoms. The third-order valence-corrected chi connectivity index (χ3v) is 6.08. The van der Waals surface area contributed by atoms with Crippen LogP contribution in [0.25, 0.3) is 0 Å². The lowest BCUT2D eigenvalue weighted by Crippen LogP contribution is -2.48. The van der Waals surface area contributed by atoms with Crippen LogP contribution in [0.2, 0.25) is 0 Å². The van der Waals surface area contributed by atoms with Crippen LogP contribution in [0.4, 0.5) is 0 Å². The lowest BCUT2D eigenvalue weighted by Gasteiger charge is -2.32. The van der Waals surface area contributed by atoms with E-state index < -0.39 is 10.0 Å². The Bertz CT molecular complexity index is 697. The summed E-state index contributed by atoms with van der Waals surface area (Å²) < 4.78 is 29.4. The highest BCUT2D eigenvalue weighted by Crippen LogP contribution is 2.39. The summed E-state index contributed by atoms with van der Waals surface area (Å²) in [7, 11) is -3.08. The summed E-state index contributed by atoms with van der Waals surface area (Å²) in [5.74, 6) is 1.69. The molecule has 3 rings (SSSR count). The van der Waals surface area contributed by atoms with Gasteiger partial charge in [0.15, 0.2) is 4.77 Å². The van der Waals surface area contributed by atoms with Crippen molar-refractivity contribution in [1.82, 2.24) is 23.6 Å². The molecule has 0 aromatic carbocycles. The Labute approximate surface area is 136 Å². The van der Waals surface area contributed by atoms with Gasteiger partial charge in [-0.05, 0) is 32.0 Å². The van der Waals surface area contributed by atoms with Gasteiger partial charge in [-0.2, -0.15) is 9.40 Å². The number of hydrogen-bond donors (Lipinski definition) is 0. The maximum Gasteiger partial charge on any atom is 0.211 e. The van der Waals surface area contributed by atoms with Crippen LogP contribution < -0.4 is 0 Å². The summed E-state index contributed by atoms with van der Waals surface area (Å²) in [6.07, 6.45) is 3.68. The highest BCUT2D eigenvalue weighted by atomic mass is 32.2. The number of piperazine rings is 1. The molecule has 124 valence electrons. The third-order valence-electron chi connectivity index (χ3n) is 4.34.